The fourth-order valence-electron chi connectivity index (χ4n) is 3.03. The van der Waals surface area contributed by atoms with Gasteiger partial charge in [0.1, 0.15) is 11.8 Å². The van der Waals surface area contributed by atoms with Gasteiger partial charge in [0.25, 0.3) is 0 Å². The van der Waals surface area contributed by atoms with E-state index in [-0.39, 0.29) is 11.8 Å². The summed E-state index contributed by atoms with van der Waals surface area (Å²) < 4.78 is 5.19. The van der Waals surface area contributed by atoms with Crippen molar-refractivity contribution in [1.29, 1.82) is 5.26 Å². The van der Waals surface area contributed by atoms with E-state index < -0.39 is 0 Å². The molecule has 1 aliphatic rings. The molecule has 0 bridgehead atoms. The molecule has 7 heteroatoms. The number of nitrogens with one attached hydrogen (secondary N) is 1. The molecule has 0 aliphatic heterocycles. The van der Waals surface area contributed by atoms with Crippen molar-refractivity contribution in [3.63, 3.8) is 0 Å². The summed E-state index contributed by atoms with van der Waals surface area (Å²) in [7, 11) is 1.54. The molecule has 0 atom stereocenters. The minimum atomic E-state index is 0.0951. The van der Waals surface area contributed by atoms with E-state index in [9.17, 15) is 10.1 Å². The van der Waals surface area contributed by atoms with Gasteiger partial charge in [0, 0.05) is 16.9 Å². The zero-order valence-electron chi connectivity index (χ0n) is 15.3. The number of amides is 1. The van der Waals surface area contributed by atoms with Crippen LogP contribution in [0.2, 0.25) is 0 Å². The van der Waals surface area contributed by atoms with Gasteiger partial charge in [0.2, 0.25) is 5.91 Å². The summed E-state index contributed by atoms with van der Waals surface area (Å²) in [6.45, 7) is 0. The van der Waals surface area contributed by atoms with Crippen molar-refractivity contribution in [2.24, 2.45) is 5.92 Å². The molecule has 4 rings (SSSR count). The number of carbonyl (C=O) groups is 1. The molecule has 2 heterocycles. The largest absolute Gasteiger partial charge is 0.495 e. The molecule has 3 aromatic rings. The van der Waals surface area contributed by atoms with Gasteiger partial charge in [-0.2, -0.15) is 5.26 Å². The van der Waals surface area contributed by atoms with E-state index in [0.717, 1.165) is 41.1 Å². The minimum Gasteiger partial charge on any atom is -0.495 e. The second kappa shape index (κ2) is 7.79. The molecular formula is C21H18N4O2S. The minimum absolute atomic E-state index is 0.0951. The molecule has 1 N–H and O–H groups in total. The van der Waals surface area contributed by atoms with Gasteiger partial charge in [-0.15, -0.1) is 11.3 Å². The number of nitrogens with zero attached hydrogens (tertiary/aromatic N) is 3. The van der Waals surface area contributed by atoms with Gasteiger partial charge in [0.05, 0.1) is 47.0 Å². The van der Waals surface area contributed by atoms with Crippen LogP contribution in [0.1, 0.15) is 24.8 Å². The van der Waals surface area contributed by atoms with E-state index in [1.165, 1.54) is 18.4 Å². The van der Waals surface area contributed by atoms with Crippen molar-refractivity contribution in [2.75, 3.05) is 12.4 Å². The molecule has 0 spiro atoms. The van der Waals surface area contributed by atoms with Gasteiger partial charge in [-0.1, -0.05) is 6.42 Å². The first kappa shape index (κ1) is 18.1. The number of hydrogen-bond acceptors (Lipinski definition) is 6. The number of nitriles is 1. The number of benzene rings is 1. The summed E-state index contributed by atoms with van der Waals surface area (Å²) in [4.78, 5) is 22.0. The first-order valence-electron chi connectivity index (χ1n) is 8.98. The maximum atomic E-state index is 12.1. The van der Waals surface area contributed by atoms with Crippen LogP contribution >= 0.6 is 11.3 Å². The molecule has 140 valence electrons. The van der Waals surface area contributed by atoms with Gasteiger partial charge < -0.3 is 10.1 Å². The Bertz CT molecular complexity index is 1070. The molecule has 6 nitrogen and oxygen atoms in total. The van der Waals surface area contributed by atoms with Crippen molar-refractivity contribution < 1.29 is 9.53 Å². The highest BCUT2D eigenvalue weighted by Crippen LogP contribution is 2.32. The van der Waals surface area contributed by atoms with Crippen molar-refractivity contribution in [3.8, 4) is 33.6 Å². The third kappa shape index (κ3) is 3.59. The SMILES string of the molecule is COc1ccc(-c2cncc(-c3cc(NC(=O)C4CCC4)cs3)n2)cc1C#N. The molecular weight excluding hydrogens is 372 g/mol. The topological polar surface area (TPSA) is 87.9 Å². The lowest BCUT2D eigenvalue weighted by atomic mass is 9.85. The Morgan fingerprint density at radius 2 is 2.11 bits per heavy atom. The molecule has 0 radical (unpaired) electrons. The molecule has 2 aromatic heterocycles. The molecule has 0 saturated heterocycles. The average Bonchev–Trinajstić information content (AvgIpc) is 3.14. The van der Waals surface area contributed by atoms with Crippen molar-refractivity contribution in [2.45, 2.75) is 19.3 Å². The summed E-state index contributed by atoms with van der Waals surface area (Å²) >= 11 is 1.51. The lowest BCUT2D eigenvalue weighted by Gasteiger charge is -2.23. The summed E-state index contributed by atoms with van der Waals surface area (Å²) in [5, 5.41) is 14.2. The van der Waals surface area contributed by atoms with Crippen molar-refractivity contribution in [1.82, 2.24) is 9.97 Å². The second-order valence-corrected chi connectivity index (χ2v) is 7.54. The number of aromatic nitrogens is 2. The van der Waals surface area contributed by atoms with Crippen LogP contribution in [-0.2, 0) is 4.79 Å². The first-order chi connectivity index (χ1) is 13.7. The Morgan fingerprint density at radius 1 is 1.29 bits per heavy atom. The van der Waals surface area contributed by atoms with Crippen LogP contribution in [0.5, 0.6) is 5.75 Å². The van der Waals surface area contributed by atoms with Gasteiger partial charge in [-0.25, -0.2) is 4.98 Å². The van der Waals surface area contributed by atoms with E-state index in [1.807, 2.05) is 17.5 Å². The number of rotatable bonds is 5. The third-order valence-electron chi connectivity index (χ3n) is 4.85. The summed E-state index contributed by atoms with van der Waals surface area (Å²) in [5.74, 6) is 0.772. The zero-order valence-corrected chi connectivity index (χ0v) is 16.1. The highest BCUT2D eigenvalue weighted by molar-refractivity contribution is 7.14. The fourth-order valence-corrected chi connectivity index (χ4v) is 3.82. The Morgan fingerprint density at radius 3 is 2.82 bits per heavy atom. The number of ether oxygens (including phenoxy) is 1. The van der Waals surface area contributed by atoms with Gasteiger partial charge in [-0.3, -0.25) is 9.78 Å². The van der Waals surface area contributed by atoms with Crippen molar-refractivity contribution >= 4 is 22.9 Å². The van der Waals surface area contributed by atoms with Crippen LogP contribution < -0.4 is 10.1 Å². The molecule has 0 unspecified atom stereocenters. The van der Waals surface area contributed by atoms with E-state index in [0.29, 0.717) is 17.0 Å². The van der Waals surface area contributed by atoms with E-state index >= 15 is 0 Å². The Labute approximate surface area is 166 Å². The number of thiophene rings is 1. The first-order valence-corrected chi connectivity index (χ1v) is 9.86. The average molecular weight is 390 g/mol. The van der Waals surface area contributed by atoms with E-state index in [1.54, 1.807) is 24.5 Å². The quantitative estimate of drug-likeness (QED) is 0.693. The van der Waals surface area contributed by atoms with Crippen LogP contribution in [0.15, 0.2) is 42.0 Å². The highest BCUT2D eigenvalue weighted by atomic mass is 32.1. The smallest absolute Gasteiger partial charge is 0.227 e. The van der Waals surface area contributed by atoms with Gasteiger partial charge in [-0.05, 0) is 37.1 Å². The lowest BCUT2D eigenvalue weighted by molar-refractivity contribution is -0.122. The molecule has 1 fully saturated rings. The molecule has 28 heavy (non-hydrogen) atoms. The van der Waals surface area contributed by atoms with Crippen LogP contribution in [-0.4, -0.2) is 23.0 Å². The number of anilines is 1. The number of hydrogen-bond donors (Lipinski definition) is 1. The monoisotopic (exact) mass is 390 g/mol. The standard InChI is InChI=1S/C21H18N4O2S/c1-27-19-6-5-14(7-15(19)9-22)17-10-23-11-18(25-17)20-8-16(12-28-20)24-21(26)13-3-2-4-13/h5-8,10-13H,2-4H2,1H3,(H,24,26). The molecule has 1 aliphatic carbocycles. The van der Waals surface area contributed by atoms with Gasteiger partial charge in [0.15, 0.2) is 0 Å². The summed E-state index contributed by atoms with van der Waals surface area (Å²) in [6, 6.07) is 9.40. The van der Waals surface area contributed by atoms with Crippen LogP contribution in [0, 0.1) is 17.2 Å². The number of carbonyl (C=O) groups excluding carboxylic acids is 1. The van der Waals surface area contributed by atoms with Crippen LogP contribution in [0.25, 0.3) is 21.8 Å². The normalized spacial score (nSPS) is 13.4. The predicted molar refractivity (Wildman–Crippen MR) is 108 cm³/mol. The highest BCUT2D eigenvalue weighted by Gasteiger charge is 2.25. The van der Waals surface area contributed by atoms with E-state index in [2.05, 4.69) is 21.4 Å². The number of methoxy groups -OCH3 is 1. The second-order valence-electron chi connectivity index (χ2n) is 6.63. The van der Waals surface area contributed by atoms with Crippen LogP contribution in [0.4, 0.5) is 5.69 Å². The maximum absolute atomic E-state index is 12.1. The molecule has 1 saturated carbocycles. The maximum Gasteiger partial charge on any atom is 0.227 e. The Hall–Kier alpha value is -3.24. The summed E-state index contributed by atoms with van der Waals surface area (Å²) in [5.41, 5.74) is 3.43. The fraction of sp³-hybridized carbons (Fsp3) is 0.238. The Balaban J connectivity index is 1.57. The van der Waals surface area contributed by atoms with Gasteiger partial charge >= 0.3 is 0 Å². The lowest BCUT2D eigenvalue weighted by Crippen LogP contribution is -2.27. The van der Waals surface area contributed by atoms with Crippen molar-refractivity contribution in [3.05, 3.63) is 47.6 Å². The Kier molecular flexibility index (Phi) is 5.04. The van der Waals surface area contributed by atoms with E-state index in [4.69, 9.17) is 4.74 Å². The molecule has 1 amide bonds. The van der Waals surface area contributed by atoms with Crippen LogP contribution in [0.3, 0.4) is 0 Å². The molecule has 1 aromatic carbocycles. The summed E-state index contributed by atoms with van der Waals surface area (Å²) in [6.07, 6.45) is 6.45. The predicted octanol–water partition coefficient (Wildman–Crippen LogP) is 4.49. The third-order valence-corrected chi connectivity index (χ3v) is 5.80. The zero-order chi connectivity index (χ0) is 19.5.